The van der Waals surface area contributed by atoms with Gasteiger partial charge in [0.25, 0.3) is 5.56 Å². The Hall–Kier alpha value is -3.22. The maximum Gasteiger partial charge on any atom is 0.282 e. The molecule has 192 valence electrons. The van der Waals surface area contributed by atoms with Gasteiger partial charge in [0.15, 0.2) is 5.76 Å². The number of nitrogens with zero attached hydrogens (tertiary/aromatic N) is 3. The molecule has 0 unspecified atom stereocenters. The number of fused-ring (bicyclic) bond motifs is 2. The fourth-order valence-corrected chi connectivity index (χ4v) is 6.47. The van der Waals surface area contributed by atoms with Crippen LogP contribution < -0.4 is 10.3 Å². The molecule has 0 atom stereocenters. The first-order valence-electron chi connectivity index (χ1n) is 11.9. The second-order valence-electron chi connectivity index (χ2n) is 8.69. The molecule has 9 heteroatoms. The lowest BCUT2D eigenvalue weighted by Gasteiger charge is -2.11. The Morgan fingerprint density at radius 1 is 0.949 bits per heavy atom. The Labute approximate surface area is 255 Å². The van der Waals surface area contributed by atoms with E-state index < -0.39 is 0 Å². The minimum absolute atomic E-state index is 0.294. The predicted molar refractivity (Wildman–Crippen MR) is 172 cm³/mol. The SMILES string of the molecule is O=c1c2ccccc2nc(-c2cc3cc(Cl)ccc3o2)n1N=Cc1cc(I)c(OCc2ccccc2)c(I)c1. The van der Waals surface area contributed by atoms with E-state index in [0.717, 1.165) is 29.4 Å². The number of furan rings is 1. The van der Waals surface area contributed by atoms with Gasteiger partial charge in [0.2, 0.25) is 5.82 Å². The summed E-state index contributed by atoms with van der Waals surface area (Å²) in [6.07, 6.45) is 1.65. The van der Waals surface area contributed by atoms with Gasteiger partial charge in [-0.3, -0.25) is 4.79 Å². The number of hydrogen-bond acceptors (Lipinski definition) is 5. The topological polar surface area (TPSA) is 69.6 Å². The molecule has 0 radical (unpaired) electrons. The van der Waals surface area contributed by atoms with Gasteiger partial charge in [0.05, 0.1) is 24.3 Å². The molecule has 0 aliphatic carbocycles. The summed E-state index contributed by atoms with van der Waals surface area (Å²) in [5.41, 5.74) is 2.82. The Bertz CT molecular complexity index is 1910. The minimum Gasteiger partial charge on any atom is -0.487 e. The standard InChI is InChI=1S/C30H18ClI2N3O3/c31-21-10-11-26-20(14-21)15-27(39-26)29-35-25-9-5-4-8-22(25)30(37)36(29)34-16-19-12-23(32)28(24(33)13-19)38-17-18-6-2-1-3-7-18/h1-16H,17H2. The summed E-state index contributed by atoms with van der Waals surface area (Å²) in [7, 11) is 0. The van der Waals surface area contributed by atoms with Gasteiger partial charge in [-0.2, -0.15) is 9.78 Å². The molecule has 39 heavy (non-hydrogen) atoms. The highest BCUT2D eigenvalue weighted by atomic mass is 127. The largest absolute Gasteiger partial charge is 0.487 e. The van der Waals surface area contributed by atoms with Crippen LogP contribution in [-0.4, -0.2) is 15.9 Å². The van der Waals surface area contributed by atoms with Gasteiger partial charge in [-0.05, 0) is 105 Å². The van der Waals surface area contributed by atoms with Crippen molar-refractivity contribution in [1.29, 1.82) is 0 Å². The number of benzene rings is 4. The smallest absolute Gasteiger partial charge is 0.282 e. The average Bonchev–Trinajstić information content (AvgIpc) is 3.36. The highest BCUT2D eigenvalue weighted by Gasteiger charge is 2.17. The number of halogens is 3. The van der Waals surface area contributed by atoms with Crippen LogP contribution in [0.25, 0.3) is 33.5 Å². The summed E-state index contributed by atoms with van der Waals surface area (Å²) in [6.45, 7) is 0.477. The van der Waals surface area contributed by atoms with Gasteiger partial charge in [0, 0.05) is 10.4 Å². The van der Waals surface area contributed by atoms with Gasteiger partial charge < -0.3 is 9.15 Å². The molecule has 0 spiro atoms. The Morgan fingerprint density at radius 3 is 2.49 bits per heavy atom. The van der Waals surface area contributed by atoms with Gasteiger partial charge in [-0.15, -0.1) is 0 Å². The molecular weight excluding hydrogens is 740 g/mol. The van der Waals surface area contributed by atoms with Gasteiger partial charge >= 0.3 is 0 Å². The summed E-state index contributed by atoms with van der Waals surface area (Å²) in [5, 5.41) is 6.45. The molecule has 2 aromatic heterocycles. The fraction of sp³-hybridized carbons (Fsp3) is 0.0333. The number of hydrogen-bond donors (Lipinski definition) is 0. The normalized spacial score (nSPS) is 11.6. The van der Waals surface area contributed by atoms with E-state index in [1.54, 1.807) is 36.5 Å². The van der Waals surface area contributed by atoms with E-state index >= 15 is 0 Å². The summed E-state index contributed by atoms with van der Waals surface area (Å²) in [6, 6.07) is 28.3. The first kappa shape index (κ1) is 26.0. The highest BCUT2D eigenvalue weighted by molar-refractivity contribution is 14.1. The van der Waals surface area contributed by atoms with E-state index in [-0.39, 0.29) is 5.56 Å². The lowest BCUT2D eigenvalue weighted by molar-refractivity contribution is 0.302. The van der Waals surface area contributed by atoms with Crippen LogP contribution >= 0.6 is 56.8 Å². The third kappa shape index (κ3) is 5.45. The summed E-state index contributed by atoms with van der Waals surface area (Å²) < 4.78 is 15.3. The van der Waals surface area contributed by atoms with Crippen LogP contribution in [0, 0.1) is 7.14 Å². The molecule has 0 aliphatic heterocycles. The van der Waals surface area contributed by atoms with Crippen LogP contribution in [0.15, 0.2) is 105 Å². The quantitative estimate of drug-likeness (QED) is 0.127. The molecule has 0 saturated heterocycles. The van der Waals surface area contributed by atoms with Crippen LogP contribution in [0.3, 0.4) is 0 Å². The van der Waals surface area contributed by atoms with E-state index in [2.05, 4.69) is 50.3 Å². The van der Waals surface area contributed by atoms with Crippen molar-refractivity contribution in [3.05, 3.63) is 125 Å². The Morgan fingerprint density at radius 2 is 1.69 bits per heavy atom. The van der Waals surface area contributed by atoms with Crippen LogP contribution in [0.2, 0.25) is 5.02 Å². The molecule has 6 aromatic rings. The minimum atomic E-state index is -0.294. The molecule has 4 aromatic carbocycles. The van der Waals surface area contributed by atoms with Crippen molar-refractivity contribution in [3.63, 3.8) is 0 Å². The number of ether oxygens (including phenoxy) is 1. The third-order valence-electron chi connectivity index (χ3n) is 6.02. The molecule has 0 amide bonds. The second kappa shape index (κ2) is 11.1. The van der Waals surface area contributed by atoms with E-state index in [9.17, 15) is 4.79 Å². The molecule has 0 saturated carbocycles. The van der Waals surface area contributed by atoms with Gasteiger partial charge in [-0.25, -0.2) is 4.98 Å². The number of para-hydroxylation sites is 1. The maximum absolute atomic E-state index is 13.5. The van der Waals surface area contributed by atoms with E-state index in [1.807, 2.05) is 60.7 Å². The van der Waals surface area contributed by atoms with Crippen molar-refractivity contribution in [1.82, 2.24) is 9.66 Å². The zero-order chi connectivity index (χ0) is 26.9. The molecule has 6 rings (SSSR count). The first-order valence-corrected chi connectivity index (χ1v) is 14.4. The van der Waals surface area contributed by atoms with Crippen molar-refractivity contribution < 1.29 is 9.15 Å². The molecule has 0 aliphatic rings. The zero-order valence-electron chi connectivity index (χ0n) is 20.1. The molecular formula is C30H18ClI2N3O3. The lowest BCUT2D eigenvalue weighted by atomic mass is 10.2. The third-order valence-corrected chi connectivity index (χ3v) is 7.86. The van der Waals surface area contributed by atoms with Crippen LogP contribution in [0.1, 0.15) is 11.1 Å². The number of aromatic nitrogens is 2. The monoisotopic (exact) mass is 757 g/mol. The lowest BCUT2D eigenvalue weighted by Crippen LogP contribution is -2.20. The molecule has 0 bridgehead atoms. The number of rotatable bonds is 6. The molecule has 0 fully saturated rings. The summed E-state index contributed by atoms with van der Waals surface area (Å²) >= 11 is 10.7. The Kier molecular flexibility index (Phi) is 7.41. The van der Waals surface area contributed by atoms with Gasteiger partial charge in [0.1, 0.15) is 17.9 Å². The van der Waals surface area contributed by atoms with Crippen LogP contribution in [0.4, 0.5) is 0 Å². The maximum atomic E-state index is 13.5. The van der Waals surface area contributed by atoms with Crippen LogP contribution in [0.5, 0.6) is 5.75 Å². The molecule has 6 nitrogen and oxygen atoms in total. The fourth-order valence-electron chi connectivity index (χ4n) is 4.16. The van der Waals surface area contributed by atoms with Crippen molar-refractivity contribution >= 4 is 84.9 Å². The van der Waals surface area contributed by atoms with Crippen molar-refractivity contribution in [2.45, 2.75) is 6.61 Å². The Balaban J connectivity index is 1.39. The highest BCUT2D eigenvalue weighted by Crippen LogP contribution is 2.31. The molecule has 0 N–H and O–H groups in total. The predicted octanol–water partition coefficient (Wildman–Crippen LogP) is 8.13. The van der Waals surface area contributed by atoms with Crippen molar-refractivity contribution in [2.24, 2.45) is 5.10 Å². The summed E-state index contributed by atoms with van der Waals surface area (Å²) in [4.78, 5) is 18.3. The van der Waals surface area contributed by atoms with E-state index in [4.69, 9.17) is 25.7 Å². The zero-order valence-corrected chi connectivity index (χ0v) is 25.2. The molecule has 2 heterocycles. The average molecular weight is 758 g/mol. The van der Waals surface area contributed by atoms with E-state index in [1.165, 1.54) is 4.68 Å². The van der Waals surface area contributed by atoms with Crippen molar-refractivity contribution in [2.75, 3.05) is 0 Å². The van der Waals surface area contributed by atoms with E-state index in [0.29, 0.717) is 39.7 Å². The van der Waals surface area contributed by atoms with Gasteiger partial charge in [-0.1, -0.05) is 54.1 Å². The second-order valence-corrected chi connectivity index (χ2v) is 11.5. The van der Waals surface area contributed by atoms with Crippen LogP contribution in [-0.2, 0) is 6.61 Å². The first-order chi connectivity index (χ1) is 19.0. The summed E-state index contributed by atoms with van der Waals surface area (Å²) in [5.74, 6) is 1.53. The van der Waals surface area contributed by atoms with Crippen molar-refractivity contribution in [3.8, 4) is 17.3 Å².